The number of benzene rings is 10. The van der Waals surface area contributed by atoms with Crippen LogP contribution in [-0.4, -0.2) is 18.9 Å². The summed E-state index contributed by atoms with van der Waals surface area (Å²) in [4.78, 5) is 13.4. The quantitative estimate of drug-likeness (QED) is 0.160. The summed E-state index contributed by atoms with van der Waals surface area (Å²) in [6.07, 6.45) is 0. The second-order valence-corrected chi connectivity index (χ2v) is 20.2. The van der Waals surface area contributed by atoms with Gasteiger partial charge in [-0.1, -0.05) is 202 Å². The molecule has 0 atom stereocenters. The number of pyridine rings is 1. The van der Waals surface area contributed by atoms with Gasteiger partial charge in [0, 0.05) is 54.8 Å². The Bertz CT molecular complexity index is 4550. The summed E-state index contributed by atoms with van der Waals surface area (Å²) in [5.74, 6) is 0.629. The molecule has 5 heteroatoms. The van der Waals surface area contributed by atoms with Crippen molar-refractivity contribution < 1.29 is 0 Å². The molecule has 0 amide bonds. The third-order valence-electron chi connectivity index (χ3n) is 15.7. The Hall–Kier alpha value is -9.58. The van der Waals surface area contributed by atoms with Crippen LogP contribution in [0.4, 0.5) is 17.1 Å². The predicted molar refractivity (Wildman–Crippen MR) is 308 cm³/mol. The first-order valence-corrected chi connectivity index (χ1v) is 25.5. The van der Waals surface area contributed by atoms with E-state index in [9.17, 15) is 0 Å². The van der Waals surface area contributed by atoms with Crippen LogP contribution in [0.2, 0.25) is 0 Å². The van der Waals surface area contributed by atoms with Crippen molar-refractivity contribution in [3.05, 3.63) is 260 Å². The minimum absolute atomic E-state index is 0.132. The highest BCUT2D eigenvalue weighted by Crippen LogP contribution is 2.54. The van der Waals surface area contributed by atoms with Crippen molar-refractivity contribution in [2.75, 3.05) is 4.90 Å². The summed E-state index contributed by atoms with van der Waals surface area (Å²) >= 11 is 0. The Kier molecular flexibility index (Phi) is 9.24. The zero-order valence-electron chi connectivity index (χ0n) is 40.9. The summed E-state index contributed by atoms with van der Waals surface area (Å²) in [5.41, 5.74) is 20.4. The molecule has 0 spiro atoms. The molecule has 10 aromatic carbocycles. The molecular weight excluding hydrogens is 899 g/mol. The van der Waals surface area contributed by atoms with E-state index >= 15 is 0 Å². The minimum Gasteiger partial charge on any atom is -0.310 e. The van der Waals surface area contributed by atoms with E-state index in [0.29, 0.717) is 5.95 Å². The van der Waals surface area contributed by atoms with Crippen molar-refractivity contribution in [2.24, 2.45) is 0 Å². The van der Waals surface area contributed by atoms with Crippen LogP contribution in [0.25, 0.3) is 111 Å². The van der Waals surface area contributed by atoms with Crippen molar-refractivity contribution >= 4 is 77.1 Å². The summed E-state index contributed by atoms with van der Waals surface area (Å²) in [7, 11) is 0. The average Bonchev–Trinajstić information content (AvgIpc) is 4.10. The average molecular weight is 946 g/mol. The van der Waals surface area contributed by atoms with E-state index in [4.69, 9.17) is 9.97 Å². The molecule has 4 aromatic heterocycles. The number of hydrogen-bond donors (Lipinski definition) is 0. The Morgan fingerprint density at radius 2 is 1.00 bits per heavy atom. The van der Waals surface area contributed by atoms with Crippen LogP contribution >= 0.6 is 0 Å². The molecule has 0 bridgehead atoms. The largest absolute Gasteiger partial charge is 0.310 e. The molecule has 74 heavy (non-hydrogen) atoms. The van der Waals surface area contributed by atoms with E-state index in [2.05, 4.69) is 276 Å². The van der Waals surface area contributed by atoms with Gasteiger partial charge in [-0.3, -0.25) is 8.97 Å². The van der Waals surface area contributed by atoms with Gasteiger partial charge in [-0.2, -0.15) is 0 Å². The van der Waals surface area contributed by atoms with Gasteiger partial charge < -0.3 is 4.90 Å². The van der Waals surface area contributed by atoms with Gasteiger partial charge in [0.25, 0.3) is 0 Å². The zero-order chi connectivity index (χ0) is 49.1. The lowest BCUT2D eigenvalue weighted by Gasteiger charge is -2.29. The molecule has 4 heterocycles. The zero-order valence-corrected chi connectivity index (χ0v) is 40.9. The van der Waals surface area contributed by atoms with Crippen LogP contribution in [0.15, 0.2) is 249 Å². The number of fused-ring (bicyclic) bond motifs is 14. The SMILES string of the molecule is CC1(C)c2ccccc2-c2c(N(c3ccc(-c4ccccc4)cc3)c3ccc(-c4ccc5c(c4)c4c6ccccc6c6cc7ccccc7n6c4n5-c4nc(-c5ccccc5)c5ccccc5n4)cc3)cccc21. The van der Waals surface area contributed by atoms with Crippen LogP contribution in [-0.2, 0) is 5.41 Å². The maximum atomic E-state index is 5.52. The van der Waals surface area contributed by atoms with E-state index in [1.807, 2.05) is 0 Å². The molecule has 1 aliphatic carbocycles. The smallest absolute Gasteiger partial charge is 0.236 e. The van der Waals surface area contributed by atoms with Gasteiger partial charge in [-0.05, 0) is 105 Å². The molecule has 0 radical (unpaired) electrons. The van der Waals surface area contributed by atoms with Gasteiger partial charge in [-0.25, -0.2) is 9.97 Å². The highest BCUT2D eigenvalue weighted by atomic mass is 15.2. The molecule has 0 saturated heterocycles. The van der Waals surface area contributed by atoms with Crippen molar-refractivity contribution in [1.29, 1.82) is 0 Å². The lowest BCUT2D eigenvalue weighted by atomic mass is 9.82. The van der Waals surface area contributed by atoms with E-state index in [0.717, 1.165) is 83.3 Å². The van der Waals surface area contributed by atoms with Crippen LogP contribution in [0, 0.1) is 0 Å². The van der Waals surface area contributed by atoms with Crippen molar-refractivity contribution in [2.45, 2.75) is 19.3 Å². The Balaban J connectivity index is 0.943. The second-order valence-electron chi connectivity index (χ2n) is 20.2. The van der Waals surface area contributed by atoms with E-state index < -0.39 is 0 Å². The fourth-order valence-corrected chi connectivity index (χ4v) is 12.2. The highest BCUT2D eigenvalue weighted by molar-refractivity contribution is 6.25. The lowest BCUT2D eigenvalue weighted by Crippen LogP contribution is -2.16. The van der Waals surface area contributed by atoms with Crippen molar-refractivity contribution in [3.8, 4) is 50.6 Å². The number of hydrogen-bond acceptors (Lipinski definition) is 3. The van der Waals surface area contributed by atoms with Gasteiger partial charge in [-0.15, -0.1) is 0 Å². The molecule has 14 aromatic rings. The lowest BCUT2D eigenvalue weighted by molar-refractivity contribution is 0.660. The number of anilines is 3. The minimum atomic E-state index is -0.132. The number of nitrogens with zero attached hydrogens (tertiary/aromatic N) is 5. The molecule has 0 unspecified atom stereocenters. The molecule has 1 aliphatic rings. The van der Waals surface area contributed by atoms with Gasteiger partial charge in [0.1, 0.15) is 5.65 Å². The number of para-hydroxylation sites is 2. The Morgan fingerprint density at radius 3 is 1.77 bits per heavy atom. The molecule has 0 saturated carbocycles. The normalized spacial score (nSPS) is 12.8. The van der Waals surface area contributed by atoms with Crippen molar-refractivity contribution in [1.82, 2.24) is 18.9 Å². The van der Waals surface area contributed by atoms with Crippen LogP contribution in [0.3, 0.4) is 0 Å². The summed E-state index contributed by atoms with van der Waals surface area (Å²) in [5, 5.41) is 6.88. The third-order valence-corrected chi connectivity index (χ3v) is 15.7. The monoisotopic (exact) mass is 945 g/mol. The van der Waals surface area contributed by atoms with E-state index in [1.165, 1.54) is 49.5 Å². The van der Waals surface area contributed by atoms with Crippen molar-refractivity contribution in [3.63, 3.8) is 0 Å². The number of rotatable bonds is 7. The van der Waals surface area contributed by atoms with Gasteiger partial charge in [0.15, 0.2) is 0 Å². The first-order valence-electron chi connectivity index (χ1n) is 25.5. The molecule has 348 valence electrons. The standard InChI is InChI=1S/C69H47N5/c1-69(2)57-27-14-12-25-54(57)65-58(69)28-17-31-62(65)72(50-37-32-45(33-38-50)44-18-5-3-6-19-44)51-39-34-46(35-40-51)48-36-41-61-56(42-48)64-53-24-11-10-23-52(53)63-43-49-22-9-16-30-60(49)73(63)67(64)74(61)68-70-59-29-15-13-26-55(59)66(71-68)47-20-7-4-8-21-47/h3-43H,1-2H3. The fraction of sp³-hybridized carbons (Fsp3) is 0.0435. The van der Waals surface area contributed by atoms with Gasteiger partial charge in [0.2, 0.25) is 5.95 Å². The molecule has 5 nitrogen and oxygen atoms in total. The van der Waals surface area contributed by atoms with Gasteiger partial charge >= 0.3 is 0 Å². The van der Waals surface area contributed by atoms with Crippen LogP contribution < -0.4 is 4.90 Å². The molecule has 0 N–H and O–H groups in total. The number of aromatic nitrogens is 4. The molecule has 0 aliphatic heterocycles. The Labute approximate surface area is 428 Å². The molecule has 0 fully saturated rings. The highest BCUT2D eigenvalue weighted by Gasteiger charge is 2.38. The van der Waals surface area contributed by atoms with Gasteiger partial charge in [0.05, 0.1) is 33.4 Å². The van der Waals surface area contributed by atoms with Crippen LogP contribution in [0.5, 0.6) is 0 Å². The predicted octanol–water partition coefficient (Wildman–Crippen LogP) is 18.1. The fourth-order valence-electron chi connectivity index (χ4n) is 12.2. The topological polar surface area (TPSA) is 38.4 Å². The maximum absolute atomic E-state index is 5.52. The first-order chi connectivity index (χ1) is 36.5. The summed E-state index contributed by atoms with van der Waals surface area (Å²) in [6, 6.07) is 90.2. The summed E-state index contributed by atoms with van der Waals surface area (Å²) < 4.78 is 4.74. The Morgan fingerprint density at radius 1 is 0.405 bits per heavy atom. The maximum Gasteiger partial charge on any atom is 0.236 e. The summed E-state index contributed by atoms with van der Waals surface area (Å²) in [6.45, 7) is 4.71. The molecular formula is C69H47N5. The first kappa shape index (κ1) is 42.1. The van der Waals surface area contributed by atoms with E-state index in [1.54, 1.807) is 0 Å². The third kappa shape index (κ3) is 6.29. The second kappa shape index (κ2) is 16.2. The van der Waals surface area contributed by atoms with Crippen LogP contribution in [0.1, 0.15) is 25.0 Å². The molecule has 15 rings (SSSR count). The van der Waals surface area contributed by atoms with E-state index in [-0.39, 0.29) is 5.41 Å².